The lowest BCUT2D eigenvalue weighted by atomic mass is 10.1. The Morgan fingerprint density at radius 3 is 2.33 bits per heavy atom. The zero-order valence-corrected chi connectivity index (χ0v) is 13.9. The summed E-state index contributed by atoms with van der Waals surface area (Å²) in [5.41, 5.74) is 7.09. The monoisotopic (exact) mass is 291 g/mol. The highest BCUT2D eigenvalue weighted by Crippen LogP contribution is 2.15. The van der Waals surface area contributed by atoms with Crippen molar-refractivity contribution in [2.45, 2.75) is 77.7 Å². The van der Waals surface area contributed by atoms with Crippen LogP contribution in [0.4, 0.5) is 0 Å². The largest absolute Gasteiger partial charge is 0.494 e. The minimum absolute atomic E-state index is 0.202. The summed E-state index contributed by atoms with van der Waals surface area (Å²) in [6, 6.07) is 8.53. The molecule has 0 bridgehead atoms. The van der Waals surface area contributed by atoms with Crippen molar-refractivity contribution in [3.8, 4) is 5.75 Å². The van der Waals surface area contributed by atoms with Crippen LogP contribution >= 0.6 is 0 Å². The van der Waals surface area contributed by atoms with Gasteiger partial charge in [-0.3, -0.25) is 0 Å². The molecule has 1 unspecified atom stereocenters. The molecule has 2 nitrogen and oxygen atoms in total. The van der Waals surface area contributed by atoms with E-state index in [-0.39, 0.29) is 6.04 Å². The topological polar surface area (TPSA) is 35.2 Å². The lowest BCUT2D eigenvalue weighted by Crippen LogP contribution is -2.17. The molecular formula is C19H33NO. The highest BCUT2D eigenvalue weighted by atomic mass is 16.5. The Hall–Kier alpha value is -1.02. The van der Waals surface area contributed by atoms with E-state index >= 15 is 0 Å². The lowest BCUT2D eigenvalue weighted by molar-refractivity contribution is 0.304. The molecule has 0 aliphatic rings. The molecule has 21 heavy (non-hydrogen) atoms. The third kappa shape index (κ3) is 9.52. The van der Waals surface area contributed by atoms with E-state index in [9.17, 15) is 0 Å². The molecule has 2 heteroatoms. The number of unbranched alkanes of at least 4 members (excludes halogenated alkanes) is 7. The molecule has 0 saturated heterocycles. The maximum Gasteiger partial charge on any atom is 0.119 e. The van der Waals surface area contributed by atoms with E-state index < -0.39 is 0 Å². The number of rotatable bonds is 12. The molecule has 0 saturated carbocycles. The fraction of sp³-hybridized carbons (Fsp3) is 0.684. The Labute approximate surface area is 131 Å². The minimum atomic E-state index is 0.202. The molecule has 1 rings (SSSR count). The second-order valence-electron chi connectivity index (χ2n) is 6.15. The number of hydrogen-bond donors (Lipinski definition) is 1. The molecule has 0 fully saturated rings. The molecule has 1 aromatic carbocycles. The number of nitrogens with two attached hydrogens (primary N) is 1. The Morgan fingerprint density at radius 2 is 1.67 bits per heavy atom. The van der Waals surface area contributed by atoms with Crippen molar-refractivity contribution in [3.05, 3.63) is 29.8 Å². The van der Waals surface area contributed by atoms with E-state index in [0.29, 0.717) is 0 Å². The van der Waals surface area contributed by atoms with E-state index in [1.807, 2.05) is 13.0 Å². The van der Waals surface area contributed by atoms with Crippen molar-refractivity contribution in [3.63, 3.8) is 0 Å². The molecule has 1 atom stereocenters. The molecule has 0 heterocycles. The van der Waals surface area contributed by atoms with Gasteiger partial charge in [-0.15, -0.1) is 0 Å². The van der Waals surface area contributed by atoms with E-state index in [2.05, 4.69) is 25.1 Å². The van der Waals surface area contributed by atoms with Gasteiger partial charge in [0.05, 0.1) is 6.61 Å². The molecule has 0 aliphatic heterocycles. The molecule has 0 aromatic heterocycles. The van der Waals surface area contributed by atoms with Gasteiger partial charge in [0.25, 0.3) is 0 Å². The fourth-order valence-corrected chi connectivity index (χ4v) is 2.56. The van der Waals surface area contributed by atoms with Crippen LogP contribution < -0.4 is 10.5 Å². The van der Waals surface area contributed by atoms with Gasteiger partial charge in [-0.1, -0.05) is 64.0 Å². The van der Waals surface area contributed by atoms with Crippen LogP contribution in [0.2, 0.25) is 0 Å². The van der Waals surface area contributed by atoms with E-state index in [1.54, 1.807) is 0 Å². The molecule has 2 N–H and O–H groups in total. The van der Waals surface area contributed by atoms with Crippen LogP contribution in [0.15, 0.2) is 24.3 Å². The predicted octanol–water partition coefficient (Wildman–Crippen LogP) is 5.10. The molecule has 0 spiro atoms. The summed E-state index contributed by atoms with van der Waals surface area (Å²) in [6.07, 6.45) is 11.6. The molecule has 0 amide bonds. The first-order chi connectivity index (χ1) is 10.2. The van der Waals surface area contributed by atoms with Crippen LogP contribution in [-0.2, 0) is 6.42 Å². The quantitative estimate of drug-likeness (QED) is 0.544. The first-order valence-electron chi connectivity index (χ1n) is 8.69. The highest BCUT2D eigenvalue weighted by Gasteiger charge is 2.00. The van der Waals surface area contributed by atoms with Crippen molar-refractivity contribution in [1.29, 1.82) is 0 Å². The fourth-order valence-electron chi connectivity index (χ4n) is 2.56. The van der Waals surface area contributed by atoms with Crippen molar-refractivity contribution in [2.75, 3.05) is 6.61 Å². The maximum absolute atomic E-state index is 5.83. The zero-order valence-electron chi connectivity index (χ0n) is 13.9. The Balaban J connectivity index is 2.07. The molecule has 120 valence electrons. The van der Waals surface area contributed by atoms with Crippen LogP contribution in [-0.4, -0.2) is 12.6 Å². The van der Waals surface area contributed by atoms with Gasteiger partial charge in [-0.2, -0.15) is 0 Å². The maximum atomic E-state index is 5.83. The lowest BCUT2D eigenvalue weighted by Gasteiger charge is -2.09. The number of hydrogen-bond acceptors (Lipinski definition) is 2. The van der Waals surface area contributed by atoms with Crippen molar-refractivity contribution in [1.82, 2.24) is 0 Å². The van der Waals surface area contributed by atoms with Crippen LogP contribution in [0.1, 0.15) is 70.8 Å². The molecule has 0 radical (unpaired) electrons. The van der Waals surface area contributed by atoms with Crippen LogP contribution in [0, 0.1) is 0 Å². The van der Waals surface area contributed by atoms with Crippen LogP contribution in [0.3, 0.4) is 0 Å². The normalized spacial score (nSPS) is 12.3. The Morgan fingerprint density at radius 1 is 1.00 bits per heavy atom. The SMILES string of the molecule is CCCCCCCCCCOc1cccc(CC(C)N)c1. The Kier molecular flexibility index (Phi) is 9.98. The molecule has 0 aliphatic carbocycles. The minimum Gasteiger partial charge on any atom is -0.494 e. The van der Waals surface area contributed by atoms with Crippen molar-refractivity contribution in [2.24, 2.45) is 5.73 Å². The summed E-state index contributed by atoms with van der Waals surface area (Å²) in [7, 11) is 0. The summed E-state index contributed by atoms with van der Waals surface area (Å²) in [4.78, 5) is 0. The average molecular weight is 291 g/mol. The Bertz CT molecular complexity index is 362. The van der Waals surface area contributed by atoms with Crippen LogP contribution in [0.5, 0.6) is 5.75 Å². The van der Waals surface area contributed by atoms with E-state index in [1.165, 1.54) is 50.5 Å². The summed E-state index contributed by atoms with van der Waals surface area (Å²) < 4.78 is 5.83. The predicted molar refractivity (Wildman–Crippen MR) is 91.9 cm³/mol. The van der Waals surface area contributed by atoms with Gasteiger partial charge < -0.3 is 10.5 Å². The summed E-state index contributed by atoms with van der Waals surface area (Å²) in [5, 5.41) is 0. The van der Waals surface area contributed by atoms with E-state index in [0.717, 1.165) is 25.2 Å². The second kappa shape index (κ2) is 11.6. The summed E-state index contributed by atoms with van der Waals surface area (Å²) >= 11 is 0. The van der Waals surface area contributed by atoms with Gasteiger partial charge in [0, 0.05) is 6.04 Å². The van der Waals surface area contributed by atoms with Gasteiger partial charge in [-0.25, -0.2) is 0 Å². The van der Waals surface area contributed by atoms with Gasteiger partial charge in [0.1, 0.15) is 5.75 Å². The first kappa shape index (κ1) is 18.0. The summed E-state index contributed by atoms with van der Waals surface area (Å²) in [6.45, 7) is 5.13. The van der Waals surface area contributed by atoms with Gasteiger partial charge >= 0.3 is 0 Å². The van der Waals surface area contributed by atoms with Crippen molar-refractivity contribution >= 4 is 0 Å². The second-order valence-corrected chi connectivity index (χ2v) is 6.15. The van der Waals surface area contributed by atoms with E-state index in [4.69, 9.17) is 10.5 Å². The third-order valence-electron chi connectivity index (χ3n) is 3.72. The third-order valence-corrected chi connectivity index (χ3v) is 3.72. The average Bonchev–Trinajstić information content (AvgIpc) is 2.45. The molecular weight excluding hydrogens is 258 g/mol. The standard InChI is InChI=1S/C19H33NO/c1-3-4-5-6-7-8-9-10-14-21-19-13-11-12-18(16-19)15-17(2)20/h11-13,16-17H,3-10,14-15,20H2,1-2H3. The number of ether oxygens (including phenoxy) is 1. The highest BCUT2D eigenvalue weighted by molar-refractivity contribution is 5.28. The van der Waals surface area contributed by atoms with Gasteiger partial charge in [0.15, 0.2) is 0 Å². The zero-order chi connectivity index (χ0) is 15.3. The number of benzene rings is 1. The van der Waals surface area contributed by atoms with Gasteiger partial charge in [0.2, 0.25) is 0 Å². The van der Waals surface area contributed by atoms with Crippen molar-refractivity contribution < 1.29 is 4.74 Å². The van der Waals surface area contributed by atoms with Gasteiger partial charge in [-0.05, 0) is 37.5 Å². The summed E-state index contributed by atoms with van der Waals surface area (Å²) in [5.74, 6) is 0.982. The van der Waals surface area contributed by atoms with Crippen LogP contribution in [0.25, 0.3) is 0 Å². The molecule has 1 aromatic rings. The smallest absolute Gasteiger partial charge is 0.119 e. The first-order valence-corrected chi connectivity index (χ1v) is 8.69.